The van der Waals surface area contributed by atoms with Crippen LogP contribution in [-0.4, -0.2) is 35.4 Å². The van der Waals surface area contributed by atoms with E-state index in [0.717, 1.165) is 36.8 Å². The molecular formula is C25H26ClFN2O3. The van der Waals surface area contributed by atoms with Crippen LogP contribution < -0.4 is 5.32 Å². The molecule has 2 aromatic carbocycles. The fourth-order valence-corrected chi connectivity index (χ4v) is 4.48. The lowest BCUT2D eigenvalue weighted by Gasteiger charge is -2.44. The van der Waals surface area contributed by atoms with E-state index in [1.54, 1.807) is 11.0 Å². The summed E-state index contributed by atoms with van der Waals surface area (Å²) in [4.78, 5) is 27.5. The summed E-state index contributed by atoms with van der Waals surface area (Å²) in [6.45, 7) is 2.32. The molecule has 7 heteroatoms. The Morgan fingerprint density at radius 2 is 1.97 bits per heavy atom. The van der Waals surface area contributed by atoms with Crippen LogP contribution >= 0.6 is 11.6 Å². The van der Waals surface area contributed by atoms with Crippen molar-refractivity contribution in [3.63, 3.8) is 0 Å². The molecule has 1 heterocycles. The molecule has 2 fully saturated rings. The fourth-order valence-electron chi connectivity index (χ4n) is 4.26. The first-order chi connectivity index (χ1) is 15.4. The second kappa shape index (κ2) is 9.74. The lowest BCUT2D eigenvalue weighted by Crippen LogP contribution is -2.57. The molecule has 2 unspecified atom stereocenters. The van der Waals surface area contributed by atoms with Gasteiger partial charge in [0, 0.05) is 12.1 Å². The number of benzene rings is 2. The van der Waals surface area contributed by atoms with Crippen LogP contribution in [0.3, 0.4) is 0 Å². The zero-order chi connectivity index (χ0) is 22.7. The van der Waals surface area contributed by atoms with Gasteiger partial charge in [-0.3, -0.25) is 9.59 Å². The molecule has 1 saturated carbocycles. The third kappa shape index (κ3) is 4.96. The second-order valence-corrected chi connectivity index (χ2v) is 8.75. The van der Waals surface area contributed by atoms with E-state index < -0.39 is 11.7 Å². The van der Waals surface area contributed by atoms with Gasteiger partial charge in [-0.1, -0.05) is 53.9 Å². The van der Waals surface area contributed by atoms with Crippen LogP contribution in [0.1, 0.15) is 42.4 Å². The minimum atomic E-state index is -0.533. The Morgan fingerprint density at radius 3 is 2.72 bits per heavy atom. The van der Waals surface area contributed by atoms with Crippen LogP contribution in [0.5, 0.6) is 0 Å². The van der Waals surface area contributed by atoms with Crippen molar-refractivity contribution in [3.05, 3.63) is 75.8 Å². The Morgan fingerprint density at radius 1 is 1.22 bits per heavy atom. The summed E-state index contributed by atoms with van der Waals surface area (Å²) >= 11 is 6.13. The molecule has 32 heavy (non-hydrogen) atoms. The van der Waals surface area contributed by atoms with Crippen LogP contribution in [0.2, 0.25) is 5.02 Å². The van der Waals surface area contributed by atoms with Gasteiger partial charge in [-0.05, 0) is 50.0 Å². The molecule has 0 radical (unpaired) electrons. The van der Waals surface area contributed by atoms with Gasteiger partial charge in [0.2, 0.25) is 5.91 Å². The number of hydrogen-bond donors (Lipinski definition) is 1. The molecule has 4 rings (SSSR count). The first kappa shape index (κ1) is 22.3. The highest BCUT2D eigenvalue weighted by atomic mass is 35.5. The number of nitrogens with zero attached hydrogens (tertiary/aromatic N) is 1. The van der Waals surface area contributed by atoms with Gasteiger partial charge in [0.15, 0.2) is 5.76 Å². The maximum atomic E-state index is 14.3. The topological polar surface area (TPSA) is 58.6 Å². The number of amides is 2. The van der Waals surface area contributed by atoms with Gasteiger partial charge in [-0.25, -0.2) is 4.39 Å². The van der Waals surface area contributed by atoms with E-state index in [1.807, 2.05) is 31.2 Å². The van der Waals surface area contributed by atoms with Crippen molar-refractivity contribution in [2.24, 2.45) is 0 Å². The standard InChI is InChI=1S/C25H26ClFN2O3/c1-16-9-11-17(12-10-16)14-28-24(30)15-29-21-7-2-3-8-22(21)32-23(25(29)31)13-18-19(26)5-4-6-20(18)27/h4-6,9-13,21-22H,2-3,7-8,14-15H2,1H3,(H,28,30)/b23-13-. The zero-order valence-corrected chi connectivity index (χ0v) is 18.7. The Kier molecular flexibility index (Phi) is 6.80. The van der Waals surface area contributed by atoms with E-state index in [9.17, 15) is 14.0 Å². The van der Waals surface area contributed by atoms with Crippen LogP contribution in [0.25, 0.3) is 6.08 Å². The van der Waals surface area contributed by atoms with E-state index >= 15 is 0 Å². The van der Waals surface area contributed by atoms with Crippen LogP contribution in [0.4, 0.5) is 4.39 Å². The molecule has 5 nitrogen and oxygen atoms in total. The molecule has 2 aliphatic rings. The average Bonchev–Trinajstić information content (AvgIpc) is 2.78. The van der Waals surface area contributed by atoms with Crippen LogP contribution in [-0.2, 0) is 20.9 Å². The number of halogens is 2. The van der Waals surface area contributed by atoms with E-state index in [0.29, 0.717) is 6.54 Å². The minimum absolute atomic E-state index is 0.0199. The molecule has 1 aliphatic heterocycles. The van der Waals surface area contributed by atoms with E-state index in [2.05, 4.69) is 5.32 Å². The summed E-state index contributed by atoms with van der Waals surface area (Å²) in [5.74, 6) is -1.17. The zero-order valence-electron chi connectivity index (χ0n) is 17.9. The highest BCUT2D eigenvalue weighted by Gasteiger charge is 2.42. The van der Waals surface area contributed by atoms with Crippen molar-refractivity contribution < 1.29 is 18.7 Å². The first-order valence-electron chi connectivity index (χ1n) is 10.9. The molecule has 0 aromatic heterocycles. The molecule has 0 bridgehead atoms. The molecule has 2 atom stereocenters. The highest BCUT2D eigenvalue weighted by molar-refractivity contribution is 6.32. The summed E-state index contributed by atoms with van der Waals surface area (Å²) < 4.78 is 20.3. The number of nitrogens with one attached hydrogen (secondary N) is 1. The quantitative estimate of drug-likeness (QED) is 0.668. The van der Waals surface area contributed by atoms with Crippen LogP contribution in [0, 0.1) is 12.7 Å². The van der Waals surface area contributed by atoms with Crippen molar-refractivity contribution in [3.8, 4) is 0 Å². The van der Waals surface area contributed by atoms with E-state index in [1.165, 1.54) is 18.2 Å². The molecule has 1 N–H and O–H groups in total. The van der Waals surface area contributed by atoms with E-state index in [-0.39, 0.29) is 40.9 Å². The van der Waals surface area contributed by atoms with Gasteiger partial charge in [-0.15, -0.1) is 0 Å². The van der Waals surface area contributed by atoms with Crippen molar-refractivity contribution in [1.82, 2.24) is 10.2 Å². The Bertz CT molecular complexity index is 1020. The average molecular weight is 457 g/mol. The maximum absolute atomic E-state index is 14.3. The molecule has 2 aromatic rings. The van der Waals surface area contributed by atoms with Gasteiger partial charge in [0.05, 0.1) is 11.1 Å². The molecule has 1 saturated heterocycles. The molecule has 0 spiro atoms. The second-order valence-electron chi connectivity index (χ2n) is 8.35. The van der Waals surface area contributed by atoms with Gasteiger partial charge in [-0.2, -0.15) is 0 Å². The number of morpholine rings is 1. The van der Waals surface area contributed by atoms with Crippen molar-refractivity contribution >= 4 is 29.5 Å². The number of ether oxygens (including phenoxy) is 1. The van der Waals surface area contributed by atoms with Crippen molar-refractivity contribution in [2.45, 2.75) is 51.3 Å². The number of aryl methyl sites for hydroxylation is 1. The summed E-state index contributed by atoms with van der Waals surface area (Å²) in [6.07, 6.45) is 4.64. The Balaban J connectivity index is 1.52. The molecule has 2 amide bonds. The lowest BCUT2D eigenvalue weighted by atomic mass is 9.89. The predicted octanol–water partition coefficient (Wildman–Crippen LogP) is 4.61. The summed E-state index contributed by atoms with van der Waals surface area (Å²) in [7, 11) is 0. The number of rotatable bonds is 5. The summed E-state index contributed by atoms with van der Waals surface area (Å²) in [5.41, 5.74) is 2.25. The molecule has 1 aliphatic carbocycles. The summed E-state index contributed by atoms with van der Waals surface area (Å²) in [5, 5.41) is 3.09. The normalized spacial score (nSPS) is 21.8. The maximum Gasteiger partial charge on any atom is 0.289 e. The number of carbonyl (C=O) groups excluding carboxylic acids is 2. The highest BCUT2D eigenvalue weighted by Crippen LogP contribution is 2.34. The largest absolute Gasteiger partial charge is 0.482 e. The lowest BCUT2D eigenvalue weighted by molar-refractivity contribution is -0.151. The third-order valence-corrected chi connectivity index (χ3v) is 6.35. The number of carbonyl (C=O) groups is 2. The molecule has 168 valence electrons. The van der Waals surface area contributed by atoms with E-state index in [4.69, 9.17) is 16.3 Å². The monoisotopic (exact) mass is 456 g/mol. The Labute approximate surface area is 192 Å². The van der Waals surface area contributed by atoms with Gasteiger partial charge >= 0.3 is 0 Å². The minimum Gasteiger partial charge on any atom is -0.482 e. The van der Waals surface area contributed by atoms with Crippen molar-refractivity contribution in [1.29, 1.82) is 0 Å². The number of fused-ring (bicyclic) bond motifs is 1. The van der Waals surface area contributed by atoms with Crippen LogP contribution in [0.15, 0.2) is 48.2 Å². The first-order valence-corrected chi connectivity index (χ1v) is 11.3. The van der Waals surface area contributed by atoms with Crippen molar-refractivity contribution in [2.75, 3.05) is 6.54 Å². The molecular weight excluding hydrogens is 431 g/mol. The number of hydrogen-bond acceptors (Lipinski definition) is 3. The smallest absolute Gasteiger partial charge is 0.289 e. The van der Waals surface area contributed by atoms with Gasteiger partial charge in [0.1, 0.15) is 18.5 Å². The Hall–Kier alpha value is -2.86. The SMILES string of the molecule is Cc1ccc(CNC(=O)CN2C(=O)/C(=C/c3c(F)cccc3Cl)OC3CCCCC32)cc1. The predicted molar refractivity (Wildman–Crippen MR) is 121 cm³/mol. The van der Waals surface area contributed by atoms with Gasteiger partial charge < -0.3 is 15.0 Å². The third-order valence-electron chi connectivity index (χ3n) is 6.02. The van der Waals surface area contributed by atoms with Gasteiger partial charge in [0.25, 0.3) is 5.91 Å². The fraction of sp³-hybridized carbons (Fsp3) is 0.360. The summed E-state index contributed by atoms with van der Waals surface area (Å²) in [6, 6.07) is 12.1.